The topological polar surface area (TPSA) is 16.3 Å². The maximum atomic E-state index is 2.67. The molecule has 2 aliphatic heterocycles. The van der Waals surface area contributed by atoms with Crippen LogP contribution >= 0.6 is 0 Å². The minimum absolute atomic E-state index is 0.0589. The molecule has 0 N–H and O–H groups in total. The van der Waals surface area contributed by atoms with Gasteiger partial charge in [0.15, 0.2) is 0 Å². The second-order valence-electron chi connectivity index (χ2n) is 40.3. The van der Waals surface area contributed by atoms with Gasteiger partial charge >= 0.3 is 0 Å². The van der Waals surface area contributed by atoms with Crippen LogP contribution in [0.15, 0.2) is 291 Å². The van der Waals surface area contributed by atoms with Gasteiger partial charge in [-0.25, -0.2) is 0 Å². The lowest BCUT2D eigenvalue weighted by Crippen LogP contribution is -2.61. The zero-order valence-corrected chi connectivity index (χ0v) is 71.4. The van der Waals surface area contributed by atoms with Crippen LogP contribution in [0.3, 0.4) is 0 Å². The fraction of sp³-hybridized carbons (Fsp3) is 0.250. The van der Waals surface area contributed by atoms with Gasteiger partial charge in [0.05, 0.1) is 27.8 Å². The molecule has 0 radical (unpaired) electrons. The Kier molecular flexibility index (Phi) is 16.8. The fourth-order valence-electron chi connectivity index (χ4n) is 20.7. The molecule has 4 aliphatic rings. The Morgan fingerprint density at radius 1 is 0.256 bits per heavy atom. The summed E-state index contributed by atoms with van der Waals surface area (Å²) in [6.07, 6.45) is 4.68. The van der Waals surface area contributed by atoms with Crippen molar-refractivity contribution in [3.63, 3.8) is 0 Å². The van der Waals surface area contributed by atoms with Crippen molar-refractivity contribution in [3.05, 3.63) is 330 Å². The summed E-state index contributed by atoms with van der Waals surface area (Å²) < 4.78 is 5.16. The van der Waals surface area contributed by atoms with E-state index in [2.05, 4.69) is 428 Å². The van der Waals surface area contributed by atoms with Crippen LogP contribution in [0.25, 0.3) is 111 Å². The molecule has 0 spiro atoms. The van der Waals surface area contributed by atoms with Crippen molar-refractivity contribution >= 4 is 101 Å². The van der Waals surface area contributed by atoms with E-state index in [-0.39, 0.29) is 44.6 Å². The van der Waals surface area contributed by atoms with E-state index in [1.165, 1.54) is 162 Å². The number of benzene rings is 14. The molecule has 0 saturated carbocycles. The molecule has 2 aliphatic carbocycles. The normalized spacial score (nSPS) is 15.8. The van der Waals surface area contributed by atoms with Crippen LogP contribution < -0.4 is 26.2 Å². The first-order chi connectivity index (χ1) is 55.8. The largest absolute Gasteiger partial charge is 0.311 e. The molecule has 16 aromatic rings. The predicted octanol–water partition coefficient (Wildman–Crippen LogP) is 28.9. The van der Waals surface area contributed by atoms with Gasteiger partial charge in [-0.05, 0) is 278 Å². The van der Waals surface area contributed by atoms with E-state index in [0.29, 0.717) is 0 Å². The molecule has 0 unspecified atom stereocenters. The molecule has 578 valence electrons. The summed E-state index contributed by atoms with van der Waals surface area (Å²) >= 11 is 0. The van der Waals surface area contributed by atoms with Crippen molar-refractivity contribution in [1.82, 2.24) is 9.13 Å². The van der Waals surface area contributed by atoms with Crippen molar-refractivity contribution < 1.29 is 0 Å². The Bertz CT molecular complexity index is 6570. The number of nitrogens with zero attached hydrogens (tertiary/aromatic N) is 4. The average Bonchev–Trinajstić information content (AvgIpc) is 1.51. The first kappa shape index (κ1) is 74.2. The van der Waals surface area contributed by atoms with Gasteiger partial charge in [0, 0.05) is 61.4 Å². The number of anilines is 6. The third kappa shape index (κ3) is 12.2. The number of fused-ring (bicyclic) bond motifs is 12. The first-order valence-electron chi connectivity index (χ1n) is 42.8. The molecule has 0 saturated heterocycles. The van der Waals surface area contributed by atoms with Gasteiger partial charge in [0.2, 0.25) is 0 Å². The van der Waals surface area contributed by atoms with E-state index in [1.807, 2.05) is 0 Å². The molecular formula is C112H107BN4. The first-order valence-corrected chi connectivity index (χ1v) is 42.8. The summed E-state index contributed by atoms with van der Waals surface area (Å²) in [7, 11) is 0. The molecule has 4 heterocycles. The number of rotatable bonds is 9. The smallest absolute Gasteiger partial charge is 0.252 e. The van der Waals surface area contributed by atoms with Crippen molar-refractivity contribution in [2.75, 3.05) is 9.80 Å². The molecule has 14 aromatic carbocycles. The van der Waals surface area contributed by atoms with Gasteiger partial charge in [-0.3, -0.25) is 0 Å². The average molecular weight is 1520 g/mol. The molecule has 0 fully saturated rings. The lowest BCUT2D eigenvalue weighted by atomic mass is 9.33. The zero-order valence-electron chi connectivity index (χ0n) is 71.4. The highest BCUT2D eigenvalue weighted by Gasteiger charge is 2.46. The van der Waals surface area contributed by atoms with E-state index in [0.717, 1.165) is 63.7 Å². The van der Waals surface area contributed by atoms with Gasteiger partial charge in [-0.2, -0.15) is 0 Å². The van der Waals surface area contributed by atoms with Crippen LogP contribution in [0.1, 0.15) is 182 Å². The van der Waals surface area contributed by atoms with Crippen LogP contribution in [-0.2, 0) is 37.9 Å². The predicted molar refractivity (Wildman–Crippen MR) is 503 cm³/mol. The maximum Gasteiger partial charge on any atom is 0.252 e. The Balaban J connectivity index is 0.886. The Morgan fingerprint density at radius 2 is 0.624 bits per heavy atom. The Labute approximate surface area is 693 Å². The number of hydrogen-bond acceptors (Lipinski definition) is 2. The van der Waals surface area contributed by atoms with Gasteiger partial charge < -0.3 is 18.9 Å². The van der Waals surface area contributed by atoms with E-state index in [1.54, 1.807) is 0 Å². The maximum absolute atomic E-state index is 2.67. The van der Waals surface area contributed by atoms with Crippen molar-refractivity contribution in [1.29, 1.82) is 0 Å². The van der Waals surface area contributed by atoms with Crippen LogP contribution in [0.5, 0.6) is 0 Å². The summed E-state index contributed by atoms with van der Waals surface area (Å²) in [5.74, 6) is 0. The third-order valence-electron chi connectivity index (χ3n) is 27.7. The Hall–Kier alpha value is -11.7. The van der Waals surface area contributed by atoms with Crippen LogP contribution in [0.2, 0.25) is 0 Å². The molecular weight excluding hydrogens is 1410 g/mol. The summed E-state index contributed by atoms with van der Waals surface area (Å²) in [5, 5.41) is 4.95. The molecule has 117 heavy (non-hydrogen) atoms. The molecule has 5 heteroatoms. The summed E-state index contributed by atoms with van der Waals surface area (Å²) in [6, 6.07) is 114. The summed E-state index contributed by atoms with van der Waals surface area (Å²) in [5.41, 5.74) is 39.6. The highest BCUT2D eigenvalue weighted by Crippen LogP contribution is 2.53. The van der Waals surface area contributed by atoms with Crippen molar-refractivity contribution in [3.8, 4) is 67.0 Å². The highest BCUT2D eigenvalue weighted by molar-refractivity contribution is 7.00. The number of hydrogen-bond donors (Lipinski definition) is 0. The number of aromatic nitrogens is 2. The van der Waals surface area contributed by atoms with Crippen molar-refractivity contribution in [2.24, 2.45) is 0 Å². The van der Waals surface area contributed by atoms with Gasteiger partial charge in [-0.1, -0.05) is 306 Å². The van der Waals surface area contributed by atoms with Gasteiger partial charge in [-0.15, -0.1) is 0 Å². The second-order valence-corrected chi connectivity index (χ2v) is 40.3. The molecule has 0 amide bonds. The lowest BCUT2D eigenvalue weighted by molar-refractivity contribution is 0.332. The minimum Gasteiger partial charge on any atom is -0.311 e. The van der Waals surface area contributed by atoms with Gasteiger partial charge in [0.25, 0.3) is 6.71 Å². The molecule has 0 bridgehead atoms. The molecule has 4 nitrogen and oxygen atoms in total. The minimum atomic E-state index is -0.219. The fourth-order valence-corrected chi connectivity index (χ4v) is 20.7. The highest BCUT2D eigenvalue weighted by atomic mass is 15.2. The SMILES string of the molecule is CC(C)(C)c1ccc2c(c1)c1cc(C(C)(C)C)ccc1n2-c1cc2c3c(c1)N(c1ccc(-c4ccc5c(c4)C(C)(C)CCC5(C)C)cc1)c1cc(-n4c5ccc(-c6ccccc6)cc5c5cc(-c6ccccc6)ccc54)ccc1B3c1cc(-c3ccccc3C(C)(C)C)ccc1N2c1ccc(-c2ccc3c(c2)C(C)(C)CCC3(C)C)cc1. The van der Waals surface area contributed by atoms with E-state index >= 15 is 0 Å². The lowest BCUT2D eigenvalue weighted by Gasteiger charge is -2.45. The van der Waals surface area contributed by atoms with E-state index in [4.69, 9.17) is 0 Å². The summed E-state index contributed by atoms with van der Waals surface area (Å²) in [6.45, 7) is 40.5. The van der Waals surface area contributed by atoms with Crippen LogP contribution in [-0.4, -0.2) is 15.8 Å². The summed E-state index contributed by atoms with van der Waals surface area (Å²) in [4.78, 5) is 5.31. The standard InChI is InChI=1S/C112H107BN4/c1-106(2,3)79-41-54-99-88(65-79)89-66-80(107(4,5)6)42-55-100(89)117(99)84-68-103-105-104(69-84)115(82-45-34-73(35-46-82)77-37-49-92-94(63-77)112(16,17)59-57-110(92,12)13)102-67-83(116-97-51-38-74(70-26-20-18-21-27-70)60-86(97)87-61-75(39-52-98(87)116)71-28-22-19-23-29-71)47-50-95(102)113(105)96-64-78(85-30-24-25-31-90(85)108(7,8)9)40-53-101(96)114(103)81-43-32-72(33-44-81)76-36-48-91-93(62-76)111(14,15)58-56-109(91,10)11/h18-55,60-69H,56-59H2,1-17H3. The Morgan fingerprint density at radius 3 is 1.09 bits per heavy atom. The third-order valence-corrected chi connectivity index (χ3v) is 27.7. The molecule has 2 aromatic heterocycles. The zero-order chi connectivity index (χ0) is 80.9. The molecule has 0 atom stereocenters. The molecule has 20 rings (SSSR count). The van der Waals surface area contributed by atoms with E-state index < -0.39 is 0 Å². The van der Waals surface area contributed by atoms with Crippen LogP contribution in [0.4, 0.5) is 34.1 Å². The second kappa shape index (κ2) is 26.4. The van der Waals surface area contributed by atoms with Crippen LogP contribution in [0, 0.1) is 0 Å². The van der Waals surface area contributed by atoms with E-state index in [9.17, 15) is 0 Å². The van der Waals surface area contributed by atoms with Gasteiger partial charge in [0.1, 0.15) is 0 Å². The van der Waals surface area contributed by atoms with Crippen molar-refractivity contribution in [2.45, 2.75) is 181 Å². The quantitative estimate of drug-likeness (QED) is 0.134. The monoisotopic (exact) mass is 1520 g/mol.